The van der Waals surface area contributed by atoms with Crippen LogP contribution in [0.4, 0.5) is 10.5 Å². The monoisotopic (exact) mass is 328 g/mol. The standard InChI is InChI=1S/C18H21N3OS/c1-19-17-7-5-15(6-8-17)3-4-16-9-11-21(12-10-16)13-14-23-18(22)20-2/h3-12H,13-14H2,1-2H3,(H,20,22)/p+1. The van der Waals surface area contributed by atoms with E-state index >= 15 is 0 Å². The largest absolute Gasteiger partial charge is 0.388 e. The lowest BCUT2D eigenvalue weighted by molar-refractivity contribution is -0.692. The maximum Gasteiger partial charge on any atom is 0.279 e. The summed E-state index contributed by atoms with van der Waals surface area (Å²) in [5.41, 5.74) is 3.43. The Morgan fingerprint density at radius 3 is 2.22 bits per heavy atom. The summed E-state index contributed by atoms with van der Waals surface area (Å²) in [6, 6.07) is 12.4. The predicted octanol–water partition coefficient (Wildman–Crippen LogP) is 3.26. The molecule has 0 saturated heterocycles. The van der Waals surface area contributed by atoms with Crippen molar-refractivity contribution in [2.75, 3.05) is 25.2 Å². The topological polar surface area (TPSA) is 45.0 Å². The minimum Gasteiger partial charge on any atom is -0.388 e. The fourth-order valence-corrected chi connectivity index (χ4v) is 2.63. The van der Waals surface area contributed by atoms with Gasteiger partial charge >= 0.3 is 0 Å². The molecule has 0 saturated carbocycles. The molecule has 120 valence electrons. The van der Waals surface area contributed by atoms with Crippen molar-refractivity contribution >= 4 is 34.8 Å². The molecule has 5 heteroatoms. The zero-order valence-corrected chi connectivity index (χ0v) is 14.3. The van der Waals surface area contributed by atoms with Gasteiger partial charge in [-0.1, -0.05) is 36.0 Å². The fourth-order valence-electron chi connectivity index (χ4n) is 2.00. The third-order valence-electron chi connectivity index (χ3n) is 3.37. The maximum atomic E-state index is 11.1. The van der Waals surface area contributed by atoms with E-state index < -0.39 is 0 Å². The van der Waals surface area contributed by atoms with Gasteiger partial charge in [-0.25, -0.2) is 4.57 Å². The highest BCUT2D eigenvalue weighted by Crippen LogP contribution is 2.11. The number of pyridine rings is 1. The lowest BCUT2D eigenvalue weighted by Crippen LogP contribution is -2.34. The number of aryl methyl sites for hydroxylation is 1. The number of carbonyl (C=O) groups is 1. The van der Waals surface area contributed by atoms with E-state index in [-0.39, 0.29) is 5.24 Å². The Kier molecular flexibility index (Phi) is 6.69. The molecule has 0 unspecified atom stereocenters. The number of benzene rings is 1. The molecule has 0 fully saturated rings. The second-order valence-corrected chi connectivity index (χ2v) is 6.03. The summed E-state index contributed by atoms with van der Waals surface area (Å²) >= 11 is 1.30. The molecule has 0 bridgehead atoms. The lowest BCUT2D eigenvalue weighted by atomic mass is 10.1. The number of carbonyl (C=O) groups excluding carboxylic acids is 1. The van der Waals surface area contributed by atoms with Gasteiger partial charge in [0.1, 0.15) is 0 Å². The molecule has 0 aliphatic heterocycles. The van der Waals surface area contributed by atoms with Crippen molar-refractivity contribution in [2.24, 2.45) is 0 Å². The van der Waals surface area contributed by atoms with Crippen LogP contribution in [0.1, 0.15) is 11.1 Å². The SMILES string of the molecule is CNC(=O)SCC[n+]1ccc(/C=C/c2ccc(NC)cc2)cc1. The summed E-state index contributed by atoms with van der Waals surface area (Å²) in [4.78, 5) is 11.1. The van der Waals surface area contributed by atoms with Crippen LogP contribution in [0.5, 0.6) is 0 Å². The normalized spacial score (nSPS) is 10.7. The Morgan fingerprint density at radius 2 is 1.65 bits per heavy atom. The van der Waals surface area contributed by atoms with E-state index in [0.717, 1.165) is 23.5 Å². The number of thioether (sulfide) groups is 1. The van der Waals surface area contributed by atoms with Gasteiger partial charge in [-0.05, 0) is 23.3 Å². The average molecular weight is 328 g/mol. The highest BCUT2D eigenvalue weighted by atomic mass is 32.2. The lowest BCUT2D eigenvalue weighted by Gasteiger charge is -2.00. The van der Waals surface area contributed by atoms with Crippen molar-refractivity contribution in [1.82, 2.24) is 5.32 Å². The van der Waals surface area contributed by atoms with Gasteiger partial charge in [0, 0.05) is 31.9 Å². The average Bonchev–Trinajstić information content (AvgIpc) is 2.61. The summed E-state index contributed by atoms with van der Waals surface area (Å²) in [5, 5.41) is 5.72. The second kappa shape index (κ2) is 9.00. The first-order chi connectivity index (χ1) is 11.2. The smallest absolute Gasteiger partial charge is 0.279 e. The Balaban J connectivity index is 1.88. The number of aromatic nitrogens is 1. The number of rotatable bonds is 6. The minimum atomic E-state index is 0.00875. The van der Waals surface area contributed by atoms with E-state index in [9.17, 15) is 4.79 Å². The maximum absolute atomic E-state index is 11.1. The van der Waals surface area contributed by atoms with Crippen molar-refractivity contribution in [3.05, 3.63) is 59.9 Å². The van der Waals surface area contributed by atoms with Crippen LogP contribution in [0.2, 0.25) is 0 Å². The molecule has 0 spiro atoms. The van der Waals surface area contributed by atoms with Crippen molar-refractivity contribution in [1.29, 1.82) is 0 Å². The van der Waals surface area contributed by atoms with Gasteiger partial charge in [0.2, 0.25) is 0 Å². The summed E-state index contributed by atoms with van der Waals surface area (Å²) in [6.07, 6.45) is 8.26. The van der Waals surface area contributed by atoms with Crippen LogP contribution in [0, 0.1) is 0 Å². The first-order valence-corrected chi connectivity index (χ1v) is 8.49. The number of hydrogen-bond donors (Lipinski definition) is 2. The van der Waals surface area contributed by atoms with Gasteiger partial charge in [-0.3, -0.25) is 4.79 Å². The molecule has 1 amide bonds. The molecule has 0 aliphatic carbocycles. The van der Waals surface area contributed by atoms with Crippen molar-refractivity contribution in [3.63, 3.8) is 0 Å². The Bertz CT molecular complexity index is 651. The van der Waals surface area contributed by atoms with E-state index in [1.54, 1.807) is 7.05 Å². The molecule has 2 N–H and O–H groups in total. The van der Waals surface area contributed by atoms with E-state index in [1.165, 1.54) is 17.3 Å². The molecule has 2 aromatic rings. The number of nitrogens with one attached hydrogen (secondary N) is 2. The third kappa shape index (κ3) is 5.79. The number of anilines is 1. The van der Waals surface area contributed by atoms with Crippen molar-refractivity contribution in [2.45, 2.75) is 6.54 Å². The number of hydrogen-bond acceptors (Lipinski definition) is 3. The van der Waals surface area contributed by atoms with Gasteiger partial charge in [0.25, 0.3) is 5.24 Å². The number of nitrogens with zero attached hydrogens (tertiary/aromatic N) is 1. The molecule has 0 atom stereocenters. The summed E-state index contributed by atoms with van der Waals surface area (Å²) in [7, 11) is 3.56. The molecular weight excluding hydrogens is 306 g/mol. The second-order valence-electron chi connectivity index (χ2n) is 4.96. The Morgan fingerprint density at radius 1 is 1.04 bits per heavy atom. The molecule has 1 aromatic heterocycles. The van der Waals surface area contributed by atoms with Gasteiger partial charge < -0.3 is 10.6 Å². The van der Waals surface area contributed by atoms with Gasteiger partial charge in [-0.15, -0.1) is 0 Å². The molecule has 2 rings (SSSR count). The zero-order valence-electron chi connectivity index (χ0n) is 13.5. The van der Waals surface area contributed by atoms with E-state index in [4.69, 9.17) is 0 Å². The molecule has 4 nitrogen and oxygen atoms in total. The van der Waals surface area contributed by atoms with Crippen LogP contribution in [0.25, 0.3) is 12.2 Å². The van der Waals surface area contributed by atoms with Gasteiger partial charge in [0.15, 0.2) is 18.9 Å². The van der Waals surface area contributed by atoms with Crippen molar-refractivity contribution < 1.29 is 9.36 Å². The molecule has 1 heterocycles. The van der Waals surface area contributed by atoms with E-state index in [0.29, 0.717) is 0 Å². The number of amides is 1. The molecular formula is C18H22N3OS+. The Hall–Kier alpha value is -2.27. The minimum absolute atomic E-state index is 0.00875. The zero-order chi connectivity index (χ0) is 16.5. The first kappa shape index (κ1) is 17.1. The summed E-state index contributed by atoms with van der Waals surface area (Å²) < 4.78 is 2.08. The molecule has 23 heavy (non-hydrogen) atoms. The van der Waals surface area contributed by atoms with E-state index in [1.807, 2.05) is 19.4 Å². The molecule has 1 aromatic carbocycles. The third-order valence-corrected chi connectivity index (χ3v) is 4.22. The van der Waals surface area contributed by atoms with Crippen LogP contribution < -0.4 is 15.2 Å². The van der Waals surface area contributed by atoms with Gasteiger partial charge in [-0.2, -0.15) is 0 Å². The van der Waals surface area contributed by atoms with Crippen molar-refractivity contribution in [3.8, 4) is 0 Å². The quantitative estimate of drug-likeness (QED) is 0.800. The first-order valence-electron chi connectivity index (χ1n) is 7.51. The fraction of sp³-hybridized carbons (Fsp3) is 0.222. The predicted molar refractivity (Wildman–Crippen MR) is 98.5 cm³/mol. The van der Waals surface area contributed by atoms with Crippen LogP contribution in [-0.2, 0) is 6.54 Å². The molecule has 0 radical (unpaired) electrons. The highest BCUT2D eigenvalue weighted by Gasteiger charge is 2.03. The van der Waals surface area contributed by atoms with E-state index in [2.05, 4.69) is 63.8 Å². The molecule has 0 aliphatic rings. The highest BCUT2D eigenvalue weighted by molar-refractivity contribution is 8.13. The van der Waals surface area contributed by atoms with Crippen LogP contribution >= 0.6 is 11.8 Å². The summed E-state index contributed by atoms with van der Waals surface area (Å²) in [6.45, 7) is 0.813. The summed E-state index contributed by atoms with van der Waals surface area (Å²) in [5.74, 6) is 0.761. The Labute approximate surface area is 141 Å². The van der Waals surface area contributed by atoms with Crippen LogP contribution in [0.15, 0.2) is 48.8 Å². The van der Waals surface area contributed by atoms with Gasteiger partial charge in [0.05, 0.1) is 5.75 Å². The van der Waals surface area contributed by atoms with Crippen LogP contribution in [-0.4, -0.2) is 25.1 Å². The van der Waals surface area contributed by atoms with Crippen LogP contribution in [0.3, 0.4) is 0 Å².